The second kappa shape index (κ2) is 5.35. The maximum absolute atomic E-state index is 8.76. The Morgan fingerprint density at radius 3 is 2.50 bits per heavy atom. The zero-order valence-corrected chi connectivity index (χ0v) is 9.30. The third-order valence-electron chi connectivity index (χ3n) is 2.54. The molecular formula is C10H16ClN3. The van der Waals surface area contributed by atoms with Gasteiger partial charge in [0.15, 0.2) is 0 Å². The second-order valence-electron chi connectivity index (χ2n) is 3.63. The van der Waals surface area contributed by atoms with Crippen molar-refractivity contribution in [2.75, 3.05) is 32.7 Å². The average Bonchev–Trinajstić information content (AvgIpc) is 2.17. The van der Waals surface area contributed by atoms with Gasteiger partial charge in [-0.1, -0.05) is 18.2 Å². The Balaban J connectivity index is 2.32. The molecule has 1 atom stereocenters. The Labute approximate surface area is 90.5 Å². The van der Waals surface area contributed by atoms with Gasteiger partial charge in [-0.05, 0) is 6.92 Å². The van der Waals surface area contributed by atoms with Gasteiger partial charge in [-0.15, -0.1) is 0 Å². The first-order chi connectivity index (χ1) is 6.63. The lowest BCUT2D eigenvalue weighted by molar-refractivity contribution is 0.128. The second-order valence-corrected chi connectivity index (χ2v) is 4.17. The van der Waals surface area contributed by atoms with Crippen molar-refractivity contribution in [2.45, 2.75) is 13.0 Å². The maximum atomic E-state index is 8.76. The van der Waals surface area contributed by atoms with Crippen molar-refractivity contribution in [3.63, 3.8) is 0 Å². The summed E-state index contributed by atoms with van der Waals surface area (Å²) in [4.78, 5) is 4.45. The molecule has 1 unspecified atom stereocenters. The molecule has 0 aromatic carbocycles. The zero-order chi connectivity index (χ0) is 10.6. The number of nitriles is 1. The molecule has 0 aromatic heterocycles. The van der Waals surface area contributed by atoms with Crippen molar-refractivity contribution in [1.82, 2.24) is 9.80 Å². The normalized spacial score (nSPS) is 21.5. The summed E-state index contributed by atoms with van der Waals surface area (Å²) >= 11 is 5.74. The number of hydrogen-bond donors (Lipinski definition) is 0. The maximum Gasteiger partial charge on any atom is 0.0950 e. The molecule has 1 aliphatic rings. The lowest BCUT2D eigenvalue weighted by atomic mass is 10.2. The molecule has 0 aromatic rings. The van der Waals surface area contributed by atoms with Crippen molar-refractivity contribution < 1.29 is 0 Å². The largest absolute Gasteiger partial charge is 0.296 e. The van der Waals surface area contributed by atoms with Gasteiger partial charge < -0.3 is 0 Å². The molecule has 0 spiro atoms. The molecule has 0 amide bonds. The summed E-state index contributed by atoms with van der Waals surface area (Å²) in [6.07, 6.45) is 0. The SMILES string of the molecule is C=C(Cl)CN1CCN(C(C)C#N)CC1. The molecule has 1 rings (SSSR count). The first-order valence-corrected chi connectivity index (χ1v) is 5.20. The van der Waals surface area contributed by atoms with Crippen LogP contribution in [0.4, 0.5) is 0 Å². The van der Waals surface area contributed by atoms with Crippen molar-refractivity contribution in [3.05, 3.63) is 11.6 Å². The number of rotatable bonds is 3. The Morgan fingerprint density at radius 1 is 1.50 bits per heavy atom. The zero-order valence-electron chi connectivity index (χ0n) is 8.54. The highest BCUT2D eigenvalue weighted by molar-refractivity contribution is 6.29. The first-order valence-electron chi connectivity index (χ1n) is 4.83. The molecule has 1 fully saturated rings. The molecule has 4 heteroatoms. The van der Waals surface area contributed by atoms with Crippen molar-refractivity contribution in [3.8, 4) is 6.07 Å². The standard InChI is InChI=1S/C10H16ClN3/c1-9(11)8-13-3-5-14(6-4-13)10(2)7-12/h10H,1,3-6,8H2,2H3. The molecule has 1 saturated heterocycles. The highest BCUT2D eigenvalue weighted by Gasteiger charge is 2.20. The van der Waals surface area contributed by atoms with Crippen molar-refractivity contribution in [1.29, 1.82) is 5.26 Å². The number of hydrogen-bond acceptors (Lipinski definition) is 3. The lowest BCUT2D eigenvalue weighted by Crippen LogP contribution is -2.49. The van der Waals surface area contributed by atoms with Crippen LogP contribution in [0.3, 0.4) is 0 Å². The van der Waals surface area contributed by atoms with Gasteiger partial charge in [-0.3, -0.25) is 9.80 Å². The topological polar surface area (TPSA) is 30.3 Å². The summed E-state index contributed by atoms with van der Waals surface area (Å²) in [7, 11) is 0. The molecule has 78 valence electrons. The molecule has 14 heavy (non-hydrogen) atoms. The van der Waals surface area contributed by atoms with Crippen LogP contribution in [-0.2, 0) is 0 Å². The van der Waals surface area contributed by atoms with Gasteiger partial charge in [0.1, 0.15) is 0 Å². The first kappa shape index (κ1) is 11.5. The van der Waals surface area contributed by atoms with Crippen LogP contribution >= 0.6 is 11.6 Å². The van der Waals surface area contributed by atoms with Crippen molar-refractivity contribution in [2.24, 2.45) is 0 Å². The number of piperazine rings is 1. The smallest absolute Gasteiger partial charge is 0.0950 e. The van der Waals surface area contributed by atoms with Crippen LogP contribution in [0.25, 0.3) is 0 Å². The average molecular weight is 214 g/mol. The third kappa shape index (κ3) is 3.30. The van der Waals surface area contributed by atoms with Gasteiger partial charge in [0, 0.05) is 37.8 Å². The molecular weight excluding hydrogens is 198 g/mol. The molecule has 1 aliphatic heterocycles. The van der Waals surface area contributed by atoms with E-state index in [2.05, 4.69) is 22.4 Å². The fraction of sp³-hybridized carbons (Fsp3) is 0.700. The van der Waals surface area contributed by atoms with Gasteiger partial charge in [-0.25, -0.2) is 0 Å². The van der Waals surface area contributed by atoms with Crippen LogP contribution in [0.15, 0.2) is 11.6 Å². The Bertz CT molecular complexity index is 238. The highest BCUT2D eigenvalue weighted by atomic mass is 35.5. The molecule has 3 nitrogen and oxygen atoms in total. The molecule has 1 heterocycles. The molecule has 0 bridgehead atoms. The fourth-order valence-electron chi connectivity index (χ4n) is 1.63. The van der Waals surface area contributed by atoms with Crippen LogP contribution in [0.1, 0.15) is 6.92 Å². The quantitative estimate of drug-likeness (QED) is 0.708. The van der Waals surface area contributed by atoms with Crippen LogP contribution in [0.2, 0.25) is 0 Å². The van der Waals surface area contributed by atoms with E-state index in [1.54, 1.807) is 0 Å². The van der Waals surface area contributed by atoms with E-state index in [0.717, 1.165) is 32.7 Å². The van der Waals surface area contributed by atoms with E-state index >= 15 is 0 Å². The van der Waals surface area contributed by atoms with E-state index in [-0.39, 0.29) is 6.04 Å². The number of halogens is 1. The molecule has 0 saturated carbocycles. The Morgan fingerprint density at radius 2 is 2.07 bits per heavy atom. The predicted octanol–water partition coefficient (Wildman–Crippen LogP) is 1.27. The Kier molecular flexibility index (Phi) is 4.40. The van der Waals surface area contributed by atoms with E-state index in [1.807, 2.05) is 6.92 Å². The van der Waals surface area contributed by atoms with E-state index in [9.17, 15) is 0 Å². The van der Waals surface area contributed by atoms with E-state index in [4.69, 9.17) is 16.9 Å². The summed E-state index contributed by atoms with van der Waals surface area (Å²) in [5, 5.41) is 9.44. The fourth-order valence-corrected chi connectivity index (χ4v) is 1.80. The molecule has 0 aliphatic carbocycles. The minimum absolute atomic E-state index is 0.0244. The summed E-state index contributed by atoms with van der Waals surface area (Å²) in [5.41, 5.74) is 0. The summed E-state index contributed by atoms with van der Waals surface area (Å²) in [6, 6.07) is 2.28. The predicted molar refractivity (Wildman–Crippen MR) is 58.1 cm³/mol. The van der Waals surface area contributed by atoms with Gasteiger partial charge in [0.25, 0.3) is 0 Å². The van der Waals surface area contributed by atoms with Crippen LogP contribution in [0.5, 0.6) is 0 Å². The lowest BCUT2D eigenvalue weighted by Gasteiger charge is -2.35. The van der Waals surface area contributed by atoms with E-state index < -0.39 is 0 Å². The number of nitrogens with zero attached hydrogens (tertiary/aromatic N) is 3. The minimum atomic E-state index is 0.0244. The van der Waals surface area contributed by atoms with E-state index in [1.165, 1.54) is 0 Å². The van der Waals surface area contributed by atoms with Gasteiger partial charge >= 0.3 is 0 Å². The molecule has 0 N–H and O–H groups in total. The van der Waals surface area contributed by atoms with E-state index in [0.29, 0.717) is 5.03 Å². The van der Waals surface area contributed by atoms with Crippen LogP contribution in [0, 0.1) is 11.3 Å². The minimum Gasteiger partial charge on any atom is -0.296 e. The van der Waals surface area contributed by atoms with Gasteiger partial charge in [0.05, 0.1) is 12.1 Å². The van der Waals surface area contributed by atoms with Crippen LogP contribution < -0.4 is 0 Å². The Hall–Kier alpha value is -0.560. The summed E-state index contributed by atoms with van der Waals surface area (Å²) in [6.45, 7) is 10.2. The van der Waals surface area contributed by atoms with Gasteiger partial charge in [-0.2, -0.15) is 5.26 Å². The van der Waals surface area contributed by atoms with Gasteiger partial charge in [0.2, 0.25) is 0 Å². The van der Waals surface area contributed by atoms with Crippen molar-refractivity contribution >= 4 is 11.6 Å². The third-order valence-corrected chi connectivity index (χ3v) is 2.66. The monoisotopic (exact) mass is 213 g/mol. The van der Waals surface area contributed by atoms with Crippen LogP contribution in [-0.4, -0.2) is 48.6 Å². The summed E-state index contributed by atoms with van der Waals surface area (Å²) < 4.78 is 0. The molecule has 0 radical (unpaired) electrons. The highest BCUT2D eigenvalue weighted by Crippen LogP contribution is 2.08. The summed E-state index contributed by atoms with van der Waals surface area (Å²) in [5.74, 6) is 0.